The van der Waals surface area contributed by atoms with E-state index in [1.54, 1.807) is 0 Å². The molecular weight excluding hydrogens is 212 g/mol. The molecule has 0 amide bonds. The number of imidazole rings is 1. The van der Waals surface area contributed by atoms with Crippen molar-refractivity contribution in [2.24, 2.45) is 0 Å². The van der Waals surface area contributed by atoms with Gasteiger partial charge in [-0.25, -0.2) is 9.97 Å². The number of nitrogens with two attached hydrogens (primary N) is 1. The minimum absolute atomic E-state index is 0.0983. The number of rotatable bonds is 1. The monoisotopic (exact) mass is 230 g/mol. The fourth-order valence-corrected chi connectivity index (χ4v) is 2.98. The van der Waals surface area contributed by atoms with Crippen molar-refractivity contribution in [3.8, 4) is 0 Å². The first-order valence-electron chi connectivity index (χ1n) is 6.21. The fraction of sp³-hybridized carbons (Fsp3) is 0.538. The van der Waals surface area contributed by atoms with Crippen molar-refractivity contribution < 1.29 is 0 Å². The van der Waals surface area contributed by atoms with Crippen LogP contribution in [0.5, 0.6) is 0 Å². The molecule has 2 aromatic heterocycles. The summed E-state index contributed by atoms with van der Waals surface area (Å²) in [4.78, 5) is 8.95. The van der Waals surface area contributed by atoms with E-state index in [2.05, 4.69) is 21.5 Å². The SMILES string of the molecule is Cc1cnc2c(c1)nc(N)n2C1(C)CCCC1. The van der Waals surface area contributed by atoms with Gasteiger partial charge in [0.05, 0.1) is 0 Å². The molecule has 4 nitrogen and oxygen atoms in total. The van der Waals surface area contributed by atoms with Gasteiger partial charge in [0.2, 0.25) is 5.95 Å². The van der Waals surface area contributed by atoms with Crippen LogP contribution in [0.25, 0.3) is 11.2 Å². The molecule has 1 saturated carbocycles. The summed E-state index contributed by atoms with van der Waals surface area (Å²) in [6.45, 7) is 4.29. The average molecular weight is 230 g/mol. The topological polar surface area (TPSA) is 56.7 Å². The highest BCUT2D eigenvalue weighted by Crippen LogP contribution is 2.39. The number of hydrogen-bond donors (Lipinski definition) is 1. The van der Waals surface area contributed by atoms with Gasteiger partial charge in [-0.05, 0) is 38.3 Å². The zero-order chi connectivity index (χ0) is 12.0. The smallest absolute Gasteiger partial charge is 0.202 e. The summed E-state index contributed by atoms with van der Waals surface area (Å²) in [5.74, 6) is 0.600. The summed E-state index contributed by atoms with van der Waals surface area (Å²) in [6, 6.07) is 2.05. The average Bonchev–Trinajstić information content (AvgIpc) is 2.81. The van der Waals surface area contributed by atoms with Crippen LogP contribution in [0.1, 0.15) is 38.2 Å². The largest absolute Gasteiger partial charge is 0.369 e. The molecule has 0 unspecified atom stereocenters. The van der Waals surface area contributed by atoms with Crippen LogP contribution >= 0.6 is 0 Å². The Kier molecular flexibility index (Phi) is 2.15. The van der Waals surface area contributed by atoms with Gasteiger partial charge in [0.25, 0.3) is 0 Å². The summed E-state index contributed by atoms with van der Waals surface area (Å²) in [5.41, 5.74) is 9.14. The van der Waals surface area contributed by atoms with E-state index in [9.17, 15) is 0 Å². The van der Waals surface area contributed by atoms with Crippen molar-refractivity contribution in [1.82, 2.24) is 14.5 Å². The summed E-state index contributed by atoms with van der Waals surface area (Å²) in [6.07, 6.45) is 6.75. The Labute approximate surface area is 101 Å². The number of fused-ring (bicyclic) bond motifs is 1. The second-order valence-electron chi connectivity index (χ2n) is 5.36. The van der Waals surface area contributed by atoms with E-state index in [0.29, 0.717) is 5.95 Å². The van der Waals surface area contributed by atoms with Crippen molar-refractivity contribution in [2.75, 3.05) is 5.73 Å². The van der Waals surface area contributed by atoms with Crippen LogP contribution in [-0.2, 0) is 5.54 Å². The third-order valence-corrected chi connectivity index (χ3v) is 3.88. The number of hydrogen-bond acceptors (Lipinski definition) is 3. The van der Waals surface area contributed by atoms with Crippen LogP contribution in [0.4, 0.5) is 5.95 Å². The predicted octanol–water partition coefficient (Wildman–Crippen LogP) is 2.61. The second-order valence-corrected chi connectivity index (χ2v) is 5.36. The van der Waals surface area contributed by atoms with E-state index >= 15 is 0 Å². The Morgan fingerprint density at radius 1 is 1.35 bits per heavy atom. The first-order valence-corrected chi connectivity index (χ1v) is 6.21. The highest BCUT2D eigenvalue weighted by molar-refractivity contribution is 5.75. The lowest BCUT2D eigenvalue weighted by molar-refractivity contribution is 0.342. The number of pyridine rings is 1. The Bertz CT molecular complexity index is 564. The van der Waals surface area contributed by atoms with Gasteiger partial charge in [0.1, 0.15) is 5.52 Å². The molecule has 1 aliphatic carbocycles. The molecule has 0 atom stereocenters. The van der Waals surface area contributed by atoms with Crippen molar-refractivity contribution in [3.63, 3.8) is 0 Å². The van der Waals surface area contributed by atoms with Gasteiger partial charge in [-0.2, -0.15) is 0 Å². The number of nitrogens with zero attached hydrogens (tertiary/aromatic N) is 3. The summed E-state index contributed by atoms with van der Waals surface area (Å²) in [7, 11) is 0. The molecule has 1 fully saturated rings. The Balaban J connectivity index is 2.25. The number of anilines is 1. The van der Waals surface area contributed by atoms with Crippen LogP contribution in [-0.4, -0.2) is 14.5 Å². The maximum Gasteiger partial charge on any atom is 0.202 e. The zero-order valence-corrected chi connectivity index (χ0v) is 10.4. The third kappa shape index (κ3) is 1.51. The normalized spacial score (nSPS) is 18.9. The first-order chi connectivity index (χ1) is 8.10. The summed E-state index contributed by atoms with van der Waals surface area (Å²) in [5, 5.41) is 0. The lowest BCUT2D eigenvalue weighted by atomic mass is 10.0. The van der Waals surface area contributed by atoms with Gasteiger partial charge in [-0.1, -0.05) is 12.8 Å². The molecule has 0 radical (unpaired) electrons. The van der Waals surface area contributed by atoms with E-state index in [1.165, 1.54) is 12.8 Å². The first kappa shape index (κ1) is 10.6. The molecule has 2 N–H and O–H groups in total. The van der Waals surface area contributed by atoms with E-state index in [-0.39, 0.29) is 5.54 Å². The molecule has 0 saturated heterocycles. The van der Waals surface area contributed by atoms with E-state index in [4.69, 9.17) is 5.73 Å². The molecule has 0 spiro atoms. The van der Waals surface area contributed by atoms with Crippen LogP contribution in [0.2, 0.25) is 0 Å². The Hall–Kier alpha value is -1.58. The van der Waals surface area contributed by atoms with Crippen molar-refractivity contribution >= 4 is 17.1 Å². The molecule has 4 heteroatoms. The molecule has 0 aliphatic heterocycles. The Morgan fingerprint density at radius 3 is 2.76 bits per heavy atom. The number of nitrogen functional groups attached to an aromatic ring is 1. The van der Waals surface area contributed by atoms with E-state index in [1.807, 2.05) is 19.2 Å². The number of aromatic nitrogens is 3. The maximum absolute atomic E-state index is 6.08. The predicted molar refractivity (Wildman–Crippen MR) is 68.8 cm³/mol. The zero-order valence-electron chi connectivity index (χ0n) is 10.4. The van der Waals surface area contributed by atoms with Crippen molar-refractivity contribution in [1.29, 1.82) is 0 Å². The molecule has 3 rings (SSSR count). The van der Waals surface area contributed by atoms with Gasteiger partial charge in [0, 0.05) is 11.7 Å². The van der Waals surface area contributed by atoms with Crippen LogP contribution in [0.3, 0.4) is 0 Å². The Morgan fingerprint density at radius 2 is 2.06 bits per heavy atom. The molecule has 0 aromatic carbocycles. The molecule has 0 bridgehead atoms. The van der Waals surface area contributed by atoms with Gasteiger partial charge < -0.3 is 5.73 Å². The van der Waals surface area contributed by atoms with Crippen LogP contribution in [0.15, 0.2) is 12.3 Å². The van der Waals surface area contributed by atoms with Crippen molar-refractivity contribution in [2.45, 2.75) is 45.1 Å². The van der Waals surface area contributed by atoms with Crippen LogP contribution in [0, 0.1) is 6.92 Å². The molecule has 17 heavy (non-hydrogen) atoms. The quantitative estimate of drug-likeness (QED) is 0.819. The summed E-state index contributed by atoms with van der Waals surface area (Å²) >= 11 is 0. The molecule has 1 aliphatic rings. The van der Waals surface area contributed by atoms with E-state index in [0.717, 1.165) is 29.6 Å². The van der Waals surface area contributed by atoms with Gasteiger partial charge in [-0.15, -0.1) is 0 Å². The maximum atomic E-state index is 6.08. The van der Waals surface area contributed by atoms with E-state index < -0.39 is 0 Å². The van der Waals surface area contributed by atoms with Gasteiger partial charge in [0.15, 0.2) is 5.65 Å². The third-order valence-electron chi connectivity index (χ3n) is 3.88. The minimum atomic E-state index is 0.0983. The fourth-order valence-electron chi connectivity index (χ4n) is 2.98. The van der Waals surface area contributed by atoms with Gasteiger partial charge in [-0.3, -0.25) is 4.57 Å². The number of aryl methyl sites for hydroxylation is 1. The second kappa shape index (κ2) is 3.45. The highest BCUT2D eigenvalue weighted by atomic mass is 15.2. The standard InChI is InChI=1S/C13H18N4/c1-9-7-10-11(15-8-9)17(12(14)16-10)13(2)5-3-4-6-13/h7-8H,3-6H2,1-2H3,(H2,14,16). The highest BCUT2D eigenvalue weighted by Gasteiger charge is 2.33. The van der Waals surface area contributed by atoms with Crippen molar-refractivity contribution in [3.05, 3.63) is 17.8 Å². The molecule has 2 aromatic rings. The van der Waals surface area contributed by atoms with Gasteiger partial charge >= 0.3 is 0 Å². The minimum Gasteiger partial charge on any atom is -0.369 e. The lowest BCUT2D eigenvalue weighted by Gasteiger charge is -2.27. The lowest BCUT2D eigenvalue weighted by Crippen LogP contribution is -2.27. The summed E-state index contributed by atoms with van der Waals surface area (Å²) < 4.78 is 2.13. The van der Waals surface area contributed by atoms with Crippen LogP contribution < -0.4 is 5.73 Å². The molecule has 2 heterocycles. The molecular formula is C13H18N4. The molecule has 90 valence electrons.